The van der Waals surface area contributed by atoms with Gasteiger partial charge in [0.2, 0.25) is 5.91 Å². The van der Waals surface area contributed by atoms with Gasteiger partial charge in [-0.25, -0.2) is 8.93 Å². The van der Waals surface area contributed by atoms with Crippen molar-refractivity contribution in [2.24, 2.45) is 0 Å². The van der Waals surface area contributed by atoms with Crippen LogP contribution in [-0.2, 0) is 15.8 Å². The molecule has 1 atom stereocenters. The lowest BCUT2D eigenvalue weighted by molar-refractivity contribution is -0.130. The number of carbonyl (C=O) groups is 1. The van der Waals surface area contributed by atoms with Gasteiger partial charge in [0.1, 0.15) is 16.7 Å². The highest BCUT2D eigenvalue weighted by Gasteiger charge is 2.23. The predicted octanol–water partition coefficient (Wildman–Crippen LogP) is 1.81. The van der Waals surface area contributed by atoms with E-state index < -0.39 is 11.0 Å². The van der Waals surface area contributed by atoms with Crippen molar-refractivity contribution in [1.29, 1.82) is 0 Å². The molecule has 0 aromatic heterocycles. The third kappa shape index (κ3) is 4.82. The molecule has 3 N–H and O–H groups in total. The molecule has 0 aliphatic carbocycles. The number of phenols is 1. The minimum absolute atomic E-state index is 0.00378. The van der Waals surface area contributed by atoms with Crippen molar-refractivity contribution in [3.8, 4) is 5.75 Å². The zero-order valence-electron chi connectivity index (χ0n) is 14.2. The van der Waals surface area contributed by atoms with E-state index in [2.05, 4.69) is 16.6 Å². The average Bonchev–Trinajstić information content (AvgIpc) is 2.57. The van der Waals surface area contributed by atoms with Crippen LogP contribution in [0.4, 0.5) is 5.69 Å². The number of nitrogens with zero attached hydrogens (tertiary/aromatic N) is 1. The van der Waals surface area contributed by atoms with Crippen LogP contribution in [0.1, 0.15) is 24.0 Å². The van der Waals surface area contributed by atoms with Crippen LogP contribution in [0.5, 0.6) is 5.75 Å². The van der Waals surface area contributed by atoms with E-state index in [4.69, 9.17) is 0 Å². The number of aromatic hydroxyl groups is 1. The minimum atomic E-state index is -1.21. The lowest BCUT2D eigenvalue weighted by Crippen LogP contribution is -2.46. The molecule has 1 amide bonds. The molecular formula is C17H25N3O3S. The van der Waals surface area contributed by atoms with Crippen LogP contribution in [0, 0.1) is 13.8 Å². The van der Waals surface area contributed by atoms with E-state index in [1.807, 2.05) is 19.9 Å². The molecule has 0 saturated carbocycles. The average molecular weight is 351 g/mol. The first-order valence-corrected chi connectivity index (χ1v) is 9.23. The third-order valence-corrected chi connectivity index (χ3v) is 5.19. The fourth-order valence-electron chi connectivity index (χ4n) is 2.68. The Bertz CT molecular complexity index is 640. The maximum absolute atomic E-state index is 12.3. The van der Waals surface area contributed by atoms with Gasteiger partial charge in [-0.1, -0.05) is 6.58 Å². The molecule has 1 aromatic rings. The summed E-state index contributed by atoms with van der Waals surface area (Å²) in [6.07, 6.45) is 1.53. The van der Waals surface area contributed by atoms with Gasteiger partial charge in [0.05, 0.1) is 12.2 Å². The van der Waals surface area contributed by atoms with Gasteiger partial charge in [-0.05, 0) is 49.9 Å². The van der Waals surface area contributed by atoms with Gasteiger partial charge in [-0.15, -0.1) is 0 Å². The summed E-state index contributed by atoms with van der Waals surface area (Å²) in [6, 6.07) is 3.68. The highest BCUT2D eigenvalue weighted by Crippen LogP contribution is 2.26. The van der Waals surface area contributed by atoms with E-state index in [0.717, 1.165) is 24.0 Å². The highest BCUT2D eigenvalue weighted by molar-refractivity contribution is 7.86. The summed E-state index contributed by atoms with van der Waals surface area (Å²) in [4.78, 5) is 14.1. The zero-order valence-corrected chi connectivity index (χ0v) is 15.0. The van der Waals surface area contributed by atoms with E-state index in [0.29, 0.717) is 18.8 Å². The van der Waals surface area contributed by atoms with Gasteiger partial charge in [-0.2, -0.15) is 0 Å². The number of nitrogens with one attached hydrogen (secondary N) is 2. The number of piperidine rings is 1. The topological polar surface area (TPSA) is 81.7 Å². The monoisotopic (exact) mass is 351 g/mol. The fraction of sp³-hybridized carbons (Fsp3) is 0.471. The number of aryl methyl sites for hydroxylation is 2. The predicted molar refractivity (Wildman–Crippen MR) is 97.1 cm³/mol. The van der Waals surface area contributed by atoms with Crippen molar-refractivity contribution < 1.29 is 14.1 Å². The molecule has 1 fully saturated rings. The Kier molecular flexibility index (Phi) is 6.39. The van der Waals surface area contributed by atoms with E-state index in [1.54, 1.807) is 11.0 Å². The molecule has 1 aliphatic rings. The van der Waals surface area contributed by atoms with Crippen LogP contribution < -0.4 is 10.0 Å². The Morgan fingerprint density at radius 3 is 2.62 bits per heavy atom. The van der Waals surface area contributed by atoms with Crippen LogP contribution in [0.15, 0.2) is 24.1 Å². The van der Waals surface area contributed by atoms with E-state index in [-0.39, 0.29) is 24.2 Å². The number of hydrogen-bond donors (Lipinski definition) is 3. The van der Waals surface area contributed by atoms with E-state index in [1.165, 1.54) is 5.41 Å². The van der Waals surface area contributed by atoms with Gasteiger partial charge in [0.15, 0.2) is 0 Å². The number of likely N-dealkylation sites (tertiary alicyclic amines) is 1. The van der Waals surface area contributed by atoms with E-state index >= 15 is 0 Å². The summed E-state index contributed by atoms with van der Waals surface area (Å²) in [6.45, 7) is 8.79. The number of hydrogen-bond acceptors (Lipinski definition) is 4. The van der Waals surface area contributed by atoms with Crippen molar-refractivity contribution in [1.82, 2.24) is 9.62 Å². The van der Waals surface area contributed by atoms with Gasteiger partial charge in [-0.3, -0.25) is 4.79 Å². The summed E-state index contributed by atoms with van der Waals surface area (Å²) in [7, 11) is -1.21. The second-order valence-corrected chi connectivity index (χ2v) is 7.21. The van der Waals surface area contributed by atoms with Gasteiger partial charge >= 0.3 is 0 Å². The van der Waals surface area contributed by atoms with E-state index in [9.17, 15) is 14.1 Å². The number of rotatable bonds is 6. The molecule has 0 spiro atoms. The molecule has 0 radical (unpaired) electrons. The fourth-order valence-corrected chi connectivity index (χ4v) is 3.34. The Morgan fingerprint density at radius 2 is 2.00 bits per heavy atom. The number of phenolic OH excluding ortho intramolecular Hbond substituents is 1. The second-order valence-electron chi connectivity index (χ2n) is 6.04. The minimum Gasteiger partial charge on any atom is -0.506 e. The molecular weight excluding hydrogens is 326 g/mol. The Labute approximate surface area is 145 Å². The number of anilines is 1. The van der Waals surface area contributed by atoms with Crippen LogP contribution >= 0.6 is 0 Å². The molecule has 132 valence electrons. The molecule has 2 rings (SSSR count). The SMILES string of the molecule is C=CS(=O)NC1CCN(C(=O)CNc2cc(C)c(C)cc2O)CC1. The molecule has 7 heteroatoms. The Hall–Kier alpha value is -1.86. The molecule has 1 heterocycles. The van der Waals surface area contributed by atoms with Crippen LogP contribution in [0.2, 0.25) is 0 Å². The number of benzene rings is 1. The maximum Gasteiger partial charge on any atom is 0.241 e. The molecule has 1 aliphatic heterocycles. The molecule has 0 bridgehead atoms. The third-order valence-electron chi connectivity index (χ3n) is 4.32. The second kappa shape index (κ2) is 8.30. The zero-order chi connectivity index (χ0) is 17.7. The summed E-state index contributed by atoms with van der Waals surface area (Å²) < 4.78 is 14.4. The lowest BCUT2D eigenvalue weighted by atomic mass is 10.1. The quantitative estimate of drug-likeness (QED) is 0.683. The summed E-state index contributed by atoms with van der Waals surface area (Å²) in [5.41, 5.74) is 2.64. The lowest BCUT2D eigenvalue weighted by Gasteiger charge is -2.32. The van der Waals surface area contributed by atoms with Crippen molar-refractivity contribution in [3.05, 3.63) is 35.2 Å². The molecule has 1 unspecified atom stereocenters. The first kappa shape index (κ1) is 18.5. The van der Waals surface area contributed by atoms with Crippen molar-refractivity contribution in [2.45, 2.75) is 32.7 Å². The standard InChI is InChI=1S/C17H25N3O3S/c1-4-24(23)19-14-5-7-20(8-6-14)17(22)11-18-15-9-12(2)13(3)10-16(15)21/h4,9-10,14,18-19,21H,1,5-8,11H2,2-3H3. The van der Waals surface area contributed by atoms with Gasteiger partial charge in [0, 0.05) is 24.5 Å². The molecule has 1 aromatic carbocycles. The first-order valence-electron chi connectivity index (χ1n) is 8.02. The summed E-state index contributed by atoms with van der Waals surface area (Å²) in [5.74, 6) is 0.150. The Balaban J connectivity index is 1.83. The molecule has 1 saturated heterocycles. The highest BCUT2D eigenvalue weighted by atomic mass is 32.2. The normalized spacial score (nSPS) is 16.7. The number of amides is 1. The molecule has 6 nitrogen and oxygen atoms in total. The van der Waals surface area contributed by atoms with Crippen molar-refractivity contribution in [3.63, 3.8) is 0 Å². The first-order chi connectivity index (χ1) is 11.4. The van der Waals surface area contributed by atoms with Gasteiger partial charge < -0.3 is 15.3 Å². The largest absolute Gasteiger partial charge is 0.506 e. The smallest absolute Gasteiger partial charge is 0.241 e. The maximum atomic E-state index is 12.3. The van der Waals surface area contributed by atoms with Crippen LogP contribution in [0.25, 0.3) is 0 Å². The van der Waals surface area contributed by atoms with Crippen molar-refractivity contribution >= 4 is 22.6 Å². The van der Waals surface area contributed by atoms with Crippen LogP contribution in [-0.4, -0.2) is 45.8 Å². The Morgan fingerprint density at radius 1 is 1.38 bits per heavy atom. The van der Waals surface area contributed by atoms with Crippen molar-refractivity contribution in [2.75, 3.05) is 25.0 Å². The number of carbonyl (C=O) groups excluding carboxylic acids is 1. The van der Waals surface area contributed by atoms with Crippen LogP contribution in [0.3, 0.4) is 0 Å². The van der Waals surface area contributed by atoms with Gasteiger partial charge in [0.25, 0.3) is 0 Å². The summed E-state index contributed by atoms with van der Waals surface area (Å²) in [5, 5.41) is 14.3. The molecule has 24 heavy (non-hydrogen) atoms. The summed E-state index contributed by atoms with van der Waals surface area (Å²) >= 11 is 0.